The fraction of sp³-hybridized carbons (Fsp3) is 0.357. The Morgan fingerprint density at radius 2 is 2.25 bits per heavy atom. The van der Waals surface area contributed by atoms with Crippen molar-refractivity contribution >= 4 is 33.4 Å². The molecule has 2 N–H and O–H groups in total. The van der Waals surface area contributed by atoms with E-state index in [-0.39, 0.29) is 11.8 Å². The lowest BCUT2D eigenvalue weighted by atomic mass is 10.1. The van der Waals surface area contributed by atoms with Gasteiger partial charge < -0.3 is 10.4 Å². The molecule has 0 fully saturated rings. The Kier molecular flexibility index (Phi) is 4.68. The smallest absolute Gasteiger partial charge is 0.306 e. The number of carboxylic acids is 1. The Hall–Kier alpha value is -1.95. The number of aliphatic carboxylic acids is 1. The van der Waals surface area contributed by atoms with Crippen molar-refractivity contribution in [3.05, 3.63) is 29.3 Å². The zero-order valence-corrected chi connectivity index (χ0v) is 11.9. The molecular formula is C14H16N2O3S. The van der Waals surface area contributed by atoms with E-state index in [2.05, 4.69) is 10.3 Å². The number of carbonyl (C=O) groups excluding carboxylic acids is 1. The third-order valence-corrected chi connectivity index (χ3v) is 3.91. The van der Waals surface area contributed by atoms with Gasteiger partial charge in [-0.05, 0) is 31.0 Å². The van der Waals surface area contributed by atoms with Crippen LogP contribution in [-0.2, 0) is 4.79 Å². The standard InChI is InChI=1S/C14H16N2O3S/c1-9(14(18)19)3-2-6-15-13(17)10-4-5-11-12(7-10)20-8-16-11/h4-5,7-9H,2-3,6H2,1H3,(H,15,17)(H,18,19). The number of amides is 1. The van der Waals surface area contributed by atoms with Crippen LogP contribution in [0.2, 0.25) is 0 Å². The van der Waals surface area contributed by atoms with Gasteiger partial charge in [-0.2, -0.15) is 0 Å². The number of carboxylic acid groups (broad SMARTS) is 1. The highest BCUT2D eigenvalue weighted by atomic mass is 32.1. The van der Waals surface area contributed by atoms with E-state index in [1.165, 1.54) is 11.3 Å². The minimum Gasteiger partial charge on any atom is -0.481 e. The van der Waals surface area contributed by atoms with E-state index >= 15 is 0 Å². The maximum absolute atomic E-state index is 11.9. The van der Waals surface area contributed by atoms with Gasteiger partial charge in [0.05, 0.1) is 21.6 Å². The molecule has 0 aliphatic carbocycles. The highest BCUT2D eigenvalue weighted by molar-refractivity contribution is 7.16. The summed E-state index contributed by atoms with van der Waals surface area (Å²) in [6.07, 6.45) is 1.21. The first-order valence-electron chi connectivity index (χ1n) is 6.42. The van der Waals surface area contributed by atoms with Gasteiger partial charge in [-0.3, -0.25) is 9.59 Å². The summed E-state index contributed by atoms with van der Waals surface area (Å²) >= 11 is 1.50. The van der Waals surface area contributed by atoms with Crippen molar-refractivity contribution in [3.8, 4) is 0 Å². The highest BCUT2D eigenvalue weighted by Crippen LogP contribution is 2.19. The van der Waals surface area contributed by atoms with Crippen LogP contribution in [-0.4, -0.2) is 28.5 Å². The molecule has 1 atom stereocenters. The van der Waals surface area contributed by atoms with E-state index < -0.39 is 5.97 Å². The molecule has 0 saturated heterocycles. The largest absolute Gasteiger partial charge is 0.481 e. The quantitative estimate of drug-likeness (QED) is 0.802. The zero-order chi connectivity index (χ0) is 14.5. The lowest BCUT2D eigenvalue weighted by molar-refractivity contribution is -0.141. The molecule has 2 rings (SSSR count). The van der Waals surface area contributed by atoms with E-state index in [0.29, 0.717) is 24.9 Å². The molecule has 0 radical (unpaired) electrons. The van der Waals surface area contributed by atoms with Crippen LogP contribution in [0.15, 0.2) is 23.7 Å². The summed E-state index contributed by atoms with van der Waals surface area (Å²) in [5.74, 6) is -1.31. The molecular weight excluding hydrogens is 276 g/mol. The summed E-state index contributed by atoms with van der Waals surface area (Å²) < 4.78 is 0.983. The average Bonchev–Trinajstić information content (AvgIpc) is 2.90. The van der Waals surface area contributed by atoms with Gasteiger partial charge in [0.25, 0.3) is 5.91 Å². The minimum absolute atomic E-state index is 0.136. The Balaban J connectivity index is 1.84. The number of hydrogen-bond donors (Lipinski definition) is 2. The number of nitrogens with one attached hydrogen (secondary N) is 1. The fourth-order valence-electron chi connectivity index (χ4n) is 1.83. The second-order valence-electron chi connectivity index (χ2n) is 4.67. The third kappa shape index (κ3) is 3.54. The summed E-state index contributed by atoms with van der Waals surface area (Å²) in [6.45, 7) is 2.15. The maximum atomic E-state index is 11.9. The molecule has 6 heteroatoms. The number of benzene rings is 1. The van der Waals surface area contributed by atoms with Crippen LogP contribution in [0, 0.1) is 5.92 Å². The van der Waals surface area contributed by atoms with E-state index in [4.69, 9.17) is 5.11 Å². The SMILES string of the molecule is CC(CCCNC(=O)c1ccc2ncsc2c1)C(=O)O. The van der Waals surface area contributed by atoms with Crippen molar-refractivity contribution in [1.82, 2.24) is 10.3 Å². The normalized spacial score (nSPS) is 12.2. The second kappa shape index (κ2) is 6.47. The molecule has 1 aromatic heterocycles. The van der Waals surface area contributed by atoms with E-state index in [0.717, 1.165) is 10.2 Å². The monoisotopic (exact) mass is 292 g/mol. The first-order valence-corrected chi connectivity index (χ1v) is 7.30. The molecule has 1 amide bonds. The van der Waals surface area contributed by atoms with Gasteiger partial charge in [-0.1, -0.05) is 6.92 Å². The molecule has 1 heterocycles. The predicted octanol–water partition coefficient (Wildman–Crippen LogP) is 2.53. The summed E-state index contributed by atoms with van der Waals surface area (Å²) in [5.41, 5.74) is 3.24. The Morgan fingerprint density at radius 1 is 1.45 bits per heavy atom. The van der Waals surface area contributed by atoms with Crippen molar-refractivity contribution in [2.45, 2.75) is 19.8 Å². The van der Waals surface area contributed by atoms with Crippen LogP contribution >= 0.6 is 11.3 Å². The predicted molar refractivity (Wildman–Crippen MR) is 78.0 cm³/mol. The summed E-state index contributed by atoms with van der Waals surface area (Å²) in [6, 6.07) is 5.40. The average molecular weight is 292 g/mol. The number of rotatable bonds is 6. The van der Waals surface area contributed by atoms with Crippen LogP contribution < -0.4 is 5.32 Å². The topological polar surface area (TPSA) is 79.3 Å². The van der Waals surface area contributed by atoms with Crippen molar-refractivity contribution in [2.75, 3.05) is 6.54 Å². The van der Waals surface area contributed by atoms with Crippen LogP contribution in [0.1, 0.15) is 30.1 Å². The molecule has 2 aromatic rings. The van der Waals surface area contributed by atoms with Crippen molar-refractivity contribution < 1.29 is 14.7 Å². The van der Waals surface area contributed by atoms with Gasteiger partial charge in [-0.25, -0.2) is 4.98 Å². The van der Waals surface area contributed by atoms with Crippen molar-refractivity contribution in [2.24, 2.45) is 5.92 Å². The van der Waals surface area contributed by atoms with Gasteiger partial charge in [-0.15, -0.1) is 11.3 Å². The van der Waals surface area contributed by atoms with Crippen LogP contribution in [0.25, 0.3) is 10.2 Å². The molecule has 1 aromatic carbocycles. The fourth-order valence-corrected chi connectivity index (χ4v) is 2.55. The van der Waals surface area contributed by atoms with Crippen LogP contribution in [0.4, 0.5) is 0 Å². The number of hydrogen-bond acceptors (Lipinski definition) is 4. The van der Waals surface area contributed by atoms with Gasteiger partial charge in [0.15, 0.2) is 0 Å². The molecule has 0 aliphatic rings. The highest BCUT2D eigenvalue weighted by Gasteiger charge is 2.11. The van der Waals surface area contributed by atoms with Crippen molar-refractivity contribution in [3.63, 3.8) is 0 Å². The molecule has 0 spiro atoms. The second-order valence-corrected chi connectivity index (χ2v) is 5.56. The van der Waals surface area contributed by atoms with E-state index in [1.54, 1.807) is 18.5 Å². The number of thiazole rings is 1. The molecule has 20 heavy (non-hydrogen) atoms. The van der Waals surface area contributed by atoms with Gasteiger partial charge in [0.1, 0.15) is 0 Å². The Morgan fingerprint density at radius 3 is 3.00 bits per heavy atom. The number of nitrogens with zero attached hydrogens (tertiary/aromatic N) is 1. The minimum atomic E-state index is -0.799. The molecule has 106 valence electrons. The molecule has 0 saturated carbocycles. The van der Waals surface area contributed by atoms with E-state index in [9.17, 15) is 9.59 Å². The Labute approximate surface area is 120 Å². The summed E-state index contributed by atoms with van der Waals surface area (Å²) in [5, 5.41) is 11.6. The lowest BCUT2D eigenvalue weighted by Crippen LogP contribution is -2.25. The molecule has 0 bridgehead atoms. The van der Waals surface area contributed by atoms with Gasteiger partial charge >= 0.3 is 5.97 Å². The molecule has 1 unspecified atom stereocenters. The third-order valence-electron chi connectivity index (χ3n) is 3.11. The van der Waals surface area contributed by atoms with Crippen LogP contribution in [0.3, 0.4) is 0 Å². The summed E-state index contributed by atoms with van der Waals surface area (Å²) in [7, 11) is 0. The maximum Gasteiger partial charge on any atom is 0.306 e. The molecule has 5 nitrogen and oxygen atoms in total. The number of fused-ring (bicyclic) bond motifs is 1. The first kappa shape index (κ1) is 14.5. The summed E-state index contributed by atoms with van der Waals surface area (Å²) in [4.78, 5) is 26.8. The van der Waals surface area contributed by atoms with Crippen molar-refractivity contribution in [1.29, 1.82) is 0 Å². The molecule has 0 aliphatic heterocycles. The van der Waals surface area contributed by atoms with E-state index in [1.807, 2.05) is 12.1 Å². The van der Waals surface area contributed by atoms with Gasteiger partial charge in [0.2, 0.25) is 0 Å². The lowest BCUT2D eigenvalue weighted by Gasteiger charge is -2.07. The number of carbonyl (C=O) groups is 2. The Bertz CT molecular complexity index is 624. The van der Waals surface area contributed by atoms with Crippen LogP contribution in [0.5, 0.6) is 0 Å². The zero-order valence-electron chi connectivity index (χ0n) is 11.1. The number of aromatic nitrogens is 1. The first-order chi connectivity index (χ1) is 9.58. The van der Waals surface area contributed by atoms with Gasteiger partial charge in [0, 0.05) is 12.1 Å².